The van der Waals surface area contributed by atoms with Crippen molar-refractivity contribution in [2.45, 2.75) is 6.04 Å². The average molecular weight is 323 g/mol. The van der Waals surface area contributed by atoms with Gasteiger partial charge < -0.3 is 11.1 Å². The Morgan fingerprint density at radius 2 is 1.74 bits per heavy atom. The number of nitrogens with one attached hydrogen (secondary N) is 2. The number of rotatable bonds is 0. The number of thiol groups is 1. The second-order valence-corrected chi connectivity index (χ2v) is 4.74. The molecule has 0 aliphatic heterocycles. The van der Waals surface area contributed by atoms with Gasteiger partial charge in [-0.2, -0.15) is 0 Å². The van der Waals surface area contributed by atoms with E-state index in [4.69, 9.17) is 39.8 Å². The molecule has 0 saturated carbocycles. The zero-order valence-corrected chi connectivity index (χ0v) is 11.5. The summed E-state index contributed by atoms with van der Waals surface area (Å²) in [5.41, 5.74) is 3.28. The van der Waals surface area contributed by atoms with Gasteiger partial charge in [0.25, 0.3) is 0 Å². The van der Waals surface area contributed by atoms with Crippen molar-refractivity contribution < 1.29 is 8.78 Å². The molecule has 0 aromatic carbocycles. The van der Waals surface area contributed by atoms with Crippen LogP contribution in [0, 0.1) is 10.8 Å². The summed E-state index contributed by atoms with van der Waals surface area (Å²) in [6.07, 6.45) is 0. The first-order valence-electron chi connectivity index (χ1n) is 4.84. The number of allylic oxidation sites excluding steroid dienone is 4. The molecule has 0 saturated heterocycles. The molecule has 1 atom stereocenters. The summed E-state index contributed by atoms with van der Waals surface area (Å²) in [5, 5.41) is 14.5. The van der Waals surface area contributed by atoms with Crippen LogP contribution in [-0.4, -0.2) is 23.2 Å². The maximum atomic E-state index is 14.1. The number of nitrogens with two attached hydrogens (primary N) is 1. The molecule has 0 amide bonds. The number of nitrogens with zero attached hydrogens (tertiary/aromatic N) is 1. The highest BCUT2D eigenvalue weighted by Gasteiger charge is 2.41. The van der Waals surface area contributed by atoms with Gasteiger partial charge in [-0.3, -0.25) is 5.41 Å². The van der Waals surface area contributed by atoms with Gasteiger partial charge in [-0.25, -0.2) is 13.2 Å². The van der Waals surface area contributed by atoms with Crippen LogP contribution in [0.25, 0.3) is 0 Å². The Bertz CT molecular complexity index is 648. The molecule has 0 radical (unpaired) electrons. The van der Waals surface area contributed by atoms with Gasteiger partial charge in [-0.05, 0) is 12.8 Å². The van der Waals surface area contributed by atoms with Gasteiger partial charge >= 0.3 is 0 Å². The topological polar surface area (TPSA) is 86.1 Å². The van der Waals surface area contributed by atoms with Gasteiger partial charge in [0.15, 0.2) is 5.83 Å². The van der Waals surface area contributed by atoms with Crippen molar-refractivity contribution in [2.24, 2.45) is 10.1 Å². The quantitative estimate of drug-likeness (QED) is 0.401. The third kappa shape index (κ3) is 1.88. The molecule has 1 unspecified atom stereocenters. The van der Waals surface area contributed by atoms with Gasteiger partial charge in [0.2, 0.25) is 0 Å². The highest BCUT2D eigenvalue weighted by molar-refractivity contribution is 7.79. The molecule has 0 aromatic rings. The molecule has 9 heteroatoms. The van der Waals surface area contributed by atoms with E-state index in [1.807, 2.05) is 0 Å². The van der Waals surface area contributed by atoms with Crippen LogP contribution in [0.15, 0.2) is 37.3 Å². The minimum Gasteiger partial charge on any atom is -0.318 e. The van der Waals surface area contributed by atoms with E-state index < -0.39 is 50.3 Å². The Labute approximate surface area is 122 Å². The molecular weight excluding hydrogens is 317 g/mol. The van der Waals surface area contributed by atoms with Crippen LogP contribution in [0.2, 0.25) is 0 Å². The molecule has 2 aliphatic rings. The first-order chi connectivity index (χ1) is 8.82. The fourth-order valence-corrected chi connectivity index (χ4v) is 2.47. The highest BCUT2D eigenvalue weighted by atomic mass is 35.5. The molecule has 2 rings (SSSR count). The minimum atomic E-state index is -1.29. The van der Waals surface area contributed by atoms with Crippen molar-refractivity contribution in [3.8, 4) is 0 Å². The standard InChI is InChI=1S/C10H6Cl2F2N4S/c11-3-5(13)2-1(7(15)9(3)17)6(14)4(12)10(18-19)8(2)16/h9,15-16,19H,17H2/b15-7?,16-8?,18-10-. The number of hydrogen-bond donors (Lipinski definition) is 4. The molecule has 100 valence electrons. The van der Waals surface area contributed by atoms with Crippen molar-refractivity contribution >= 4 is 53.2 Å². The Morgan fingerprint density at radius 3 is 2.26 bits per heavy atom. The van der Waals surface area contributed by atoms with Crippen LogP contribution in [0.3, 0.4) is 0 Å². The van der Waals surface area contributed by atoms with Gasteiger partial charge in [0.1, 0.15) is 16.6 Å². The summed E-state index contributed by atoms with van der Waals surface area (Å²) in [5.74, 6) is -2.13. The lowest BCUT2D eigenvalue weighted by Crippen LogP contribution is -2.39. The zero-order valence-electron chi connectivity index (χ0n) is 9.06. The minimum absolute atomic E-state index is 0.330. The zero-order chi connectivity index (χ0) is 14.5. The molecule has 0 spiro atoms. The van der Waals surface area contributed by atoms with E-state index in [-0.39, 0.29) is 5.71 Å². The van der Waals surface area contributed by atoms with E-state index in [0.29, 0.717) is 0 Å². The van der Waals surface area contributed by atoms with E-state index in [0.717, 1.165) is 0 Å². The van der Waals surface area contributed by atoms with Crippen molar-refractivity contribution in [1.29, 1.82) is 10.8 Å². The summed E-state index contributed by atoms with van der Waals surface area (Å²) in [7, 11) is 0. The average Bonchev–Trinajstić information content (AvgIpc) is 2.38. The van der Waals surface area contributed by atoms with Crippen LogP contribution in [0.4, 0.5) is 8.78 Å². The highest BCUT2D eigenvalue weighted by Crippen LogP contribution is 2.40. The molecule has 0 aromatic heterocycles. The molecule has 0 fully saturated rings. The summed E-state index contributed by atoms with van der Waals surface area (Å²) >= 11 is 14.9. The van der Waals surface area contributed by atoms with Crippen molar-refractivity contribution in [2.75, 3.05) is 0 Å². The van der Waals surface area contributed by atoms with E-state index in [1.165, 1.54) is 0 Å². The molecule has 0 bridgehead atoms. The third-order valence-corrected chi connectivity index (χ3v) is 3.69. The Kier molecular flexibility index (Phi) is 3.65. The fraction of sp³-hybridized carbons (Fsp3) is 0.100. The lowest BCUT2D eigenvalue weighted by molar-refractivity contribution is 0.624. The van der Waals surface area contributed by atoms with Crippen molar-refractivity contribution in [3.05, 3.63) is 32.9 Å². The maximum absolute atomic E-state index is 14.1. The monoisotopic (exact) mass is 322 g/mol. The first-order valence-corrected chi connectivity index (χ1v) is 6.00. The molecular formula is C10H6Cl2F2N4S. The Hall–Kier alpha value is -1.02. The van der Waals surface area contributed by atoms with Crippen LogP contribution < -0.4 is 5.73 Å². The lowest BCUT2D eigenvalue weighted by Gasteiger charge is -2.28. The maximum Gasteiger partial charge on any atom is 0.153 e. The molecule has 4 N–H and O–H groups in total. The lowest BCUT2D eigenvalue weighted by atomic mass is 9.83. The summed E-state index contributed by atoms with van der Waals surface area (Å²) in [6, 6.07) is -1.29. The summed E-state index contributed by atoms with van der Waals surface area (Å²) < 4.78 is 31.5. The summed E-state index contributed by atoms with van der Waals surface area (Å²) in [6.45, 7) is 0. The van der Waals surface area contributed by atoms with Gasteiger partial charge in [-0.15, -0.1) is 0 Å². The van der Waals surface area contributed by atoms with Gasteiger partial charge in [0.05, 0.1) is 28.1 Å². The smallest absolute Gasteiger partial charge is 0.153 e. The molecule has 19 heavy (non-hydrogen) atoms. The Balaban J connectivity index is 2.83. The van der Waals surface area contributed by atoms with E-state index >= 15 is 0 Å². The first kappa shape index (κ1) is 14.4. The normalized spacial score (nSPS) is 26.6. The fourth-order valence-electron chi connectivity index (χ4n) is 1.78. The summed E-state index contributed by atoms with van der Waals surface area (Å²) in [4.78, 5) is 0. The van der Waals surface area contributed by atoms with Gasteiger partial charge in [-0.1, -0.05) is 23.2 Å². The van der Waals surface area contributed by atoms with Crippen LogP contribution in [0.5, 0.6) is 0 Å². The number of hydrogen-bond acceptors (Lipinski definition) is 5. The van der Waals surface area contributed by atoms with E-state index in [9.17, 15) is 8.78 Å². The molecule has 4 nitrogen and oxygen atoms in total. The molecule has 0 heterocycles. The SMILES string of the molecule is N=C1C2=C(C(=N)C(N)C(Cl)=C2F)C(F)=C(Cl)/C1=N/S. The van der Waals surface area contributed by atoms with Crippen LogP contribution in [-0.2, 0) is 0 Å². The van der Waals surface area contributed by atoms with Gasteiger partial charge in [0, 0.05) is 5.57 Å². The largest absolute Gasteiger partial charge is 0.318 e. The Morgan fingerprint density at radius 1 is 1.16 bits per heavy atom. The van der Waals surface area contributed by atoms with Crippen LogP contribution in [0.1, 0.15) is 0 Å². The number of halogens is 4. The van der Waals surface area contributed by atoms with Crippen LogP contribution >= 0.6 is 36.0 Å². The van der Waals surface area contributed by atoms with E-state index in [2.05, 4.69) is 17.2 Å². The van der Waals surface area contributed by atoms with Crippen molar-refractivity contribution in [1.82, 2.24) is 0 Å². The second kappa shape index (κ2) is 4.82. The second-order valence-electron chi connectivity index (χ2n) is 3.75. The molecule has 2 aliphatic carbocycles. The third-order valence-electron chi connectivity index (χ3n) is 2.74. The predicted octanol–water partition coefficient (Wildman–Crippen LogP) is 2.80. The van der Waals surface area contributed by atoms with E-state index in [1.54, 1.807) is 0 Å². The van der Waals surface area contributed by atoms with Crippen molar-refractivity contribution in [3.63, 3.8) is 0 Å². The predicted molar refractivity (Wildman–Crippen MR) is 74.8 cm³/mol.